The number of nitrogens with zero attached hydrogens (tertiary/aromatic N) is 2. The van der Waals surface area contributed by atoms with Gasteiger partial charge < -0.3 is 15.5 Å². The van der Waals surface area contributed by atoms with E-state index in [1.807, 2.05) is 24.3 Å². The highest BCUT2D eigenvalue weighted by atomic mass is 19.1. The maximum atomic E-state index is 13.2. The van der Waals surface area contributed by atoms with Crippen molar-refractivity contribution in [2.24, 2.45) is 5.92 Å². The van der Waals surface area contributed by atoms with Crippen LogP contribution in [0.1, 0.15) is 32.3 Å². The van der Waals surface area contributed by atoms with E-state index in [1.165, 1.54) is 37.1 Å². The number of nitrogens with one attached hydrogen (secondary N) is 2. The maximum absolute atomic E-state index is 13.2. The summed E-state index contributed by atoms with van der Waals surface area (Å²) in [4.78, 5) is 41.1. The molecule has 1 atom stereocenters. The van der Waals surface area contributed by atoms with E-state index < -0.39 is 35.7 Å². The van der Waals surface area contributed by atoms with Crippen LogP contribution in [0.4, 0.5) is 20.6 Å². The van der Waals surface area contributed by atoms with E-state index in [0.29, 0.717) is 11.3 Å². The minimum absolute atomic E-state index is 0.410. The van der Waals surface area contributed by atoms with Crippen molar-refractivity contribution in [3.05, 3.63) is 59.9 Å². The molecule has 2 saturated heterocycles. The van der Waals surface area contributed by atoms with E-state index in [2.05, 4.69) is 22.5 Å². The van der Waals surface area contributed by atoms with Gasteiger partial charge in [-0.15, -0.1) is 0 Å². The molecule has 0 radical (unpaired) electrons. The smallest absolute Gasteiger partial charge is 0.325 e. The van der Waals surface area contributed by atoms with Gasteiger partial charge in [0.25, 0.3) is 5.91 Å². The molecule has 0 saturated carbocycles. The summed E-state index contributed by atoms with van der Waals surface area (Å²) < 4.78 is 13.2. The van der Waals surface area contributed by atoms with Crippen LogP contribution in [-0.4, -0.2) is 42.4 Å². The molecule has 7 nitrogen and oxygen atoms in total. The van der Waals surface area contributed by atoms with Crippen molar-refractivity contribution < 1.29 is 18.8 Å². The number of urea groups is 1. The van der Waals surface area contributed by atoms with Gasteiger partial charge in [-0.05, 0) is 67.6 Å². The summed E-state index contributed by atoms with van der Waals surface area (Å²) in [5.74, 6) is -0.721. The molecule has 2 aromatic rings. The van der Waals surface area contributed by atoms with Crippen LogP contribution in [0, 0.1) is 11.7 Å². The number of hydrogen-bond acceptors (Lipinski definition) is 4. The second kappa shape index (κ2) is 8.61. The Morgan fingerprint density at radius 1 is 1.09 bits per heavy atom. The van der Waals surface area contributed by atoms with Crippen LogP contribution in [0.2, 0.25) is 0 Å². The summed E-state index contributed by atoms with van der Waals surface area (Å²) in [6.07, 6.45) is 2.34. The van der Waals surface area contributed by atoms with Crippen molar-refractivity contribution in [1.29, 1.82) is 0 Å². The molecule has 168 valence electrons. The predicted molar refractivity (Wildman–Crippen MR) is 120 cm³/mol. The van der Waals surface area contributed by atoms with Crippen LogP contribution in [-0.2, 0) is 15.1 Å². The topological polar surface area (TPSA) is 81.8 Å². The second-order valence-corrected chi connectivity index (χ2v) is 8.72. The molecule has 0 bridgehead atoms. The Morgan fingerprint density at radius 2 is 1.72 bits per heavy atom. The first-order chi connectivity index (χ1) is 15.3. The van der Waals surface area contributed by atoms with Crippen LogP contribution in [0.15, 0.2) is 48.5 Å². The number of benzene rings is 2. The zero-order chi connectivity index (χ0) is 22.9. The Hall–Kier alpha value is -3.42. The van der Waals surface area contributed by atoms with Crippen molar-refractivity contribution in [3.8, 4) is 0 Å². The lowest BCUT2D eigenvalue weighted by atomic mass is 9.92. The van der Waals surface area contributed by atoms with Crippen LogP contribution in [0.3, 0.4) is 0 Å². The lowest BCUT2D eigenvalue weighted by Crippen LogP contribution is -2.42. The van der Waals surface area contributed by atoms with Gasteiger partial charge in [0.15, 0.2) is 0 Å². The van der Waals surface area contributed by atoms with Crippen molar-refractivity contribution in [3.63, 3.8) is 0 Å². The first-order valence-electron chi connectivity index (χ1n) is 10.8. The summed E-state index contributed by atoms with van der Waals surface area (Å²) in [7, 11) is 0. The third-order valence-corrected chi connectivity index (χ3v) is 6.30. The molecule has 4 rings (SSSR count). The van der Waals surface area contributed by atoms with Crippen LogP contribution < -0.4 is 15.5 Å². The number of anilines is 2. The lowest BCUT2D eigenvalue weighted by Gasteiger charge is -2.32. The average Bonchev–Trinajstić information content (AvgIpc) is 2.99. The molecule has 2 heterocycles. The Balaban J connectivity index is 1.38. The number of imide groups is 1. The fourth-order valence-electron chi connectivity index (χ4n) is 4.19. The molecule has 2 fully saturated rings. The van der Waals surface area contributed by atoms with Crippen molar-refractivity contribution in [1.82, 2.24) is 10.2 Å². The highest BCUT2D eigenvalue weighted by Crippen LogP contribution is 2.29. The van der Waals surface area contributed by atoms with Gasteiger partial charge in [0.2, 0.25) is 5.91 Å². The Morgan fingerprint density at radius 3 is 2.34 bits per heavy atom. The first-order valence-corrected chi connectivity index (χ1v) is 10.8. The molecule has 2 N–H and O–H groups in total. The Kier molecular flexibility index (Phi) is 5.86. The first kappa shape index (κ1) is 21.8. The molecule has 2 aliphatic rings. The van der Waals surface area contributed by atoms with Gasteiger partial charge in [-0.1, -0.05) is 19.1 Å². The molecule has 1 unspecified atom stereocenters. The number of carbonyl (C=O) groups is 3. The summed E-state index contributed by atoms with van der Waals surface area (Å²) in [5.41, 5.74) is 0.804. The van der Waals surface area contributed by atoms with Crippen molar-refractivity contribution >= 4 is 29.2 Å². The van der Waals surface area contributed by atoms with Gasteiger partial charge in [0, 0.05) is 24.5 Å². The van der Waals surface area contributed by atoms with E-state index in [-0.39, 0.29) is 0 Å². The maximum Gasteiger partial charge on any atom is 0.325 e. The normalized spacial score (nSPS) is 21.6. The lowest BCUT2D eigenvalue weighted by molar-refractivity contribution is -0.133. The van der Waals surface area contributed by atoms with E-state index in [4.69, 9.17) is 0 Å². The van der Waals surface area contributed by atoms with Gasteiger partial charge >= 0.3 is 6.03 Å². The second-order valence-electron chi connectivity index (χ2n) is 8.72. The van der Waals surface area contributed by atoms with Crippen molar-refractivity contribution in [2.45, 2.75) is 32.2 Å². The van der Waals surface area contributed by atoms with Crippen LogP contribution in [0.5, 0.6) is 0 Å². The number of halogens is 1. The third kappa shape index (κ3) is 4.30. The highest BCUT2D eigenvalue weighted by molar-refractivity contribution is 6.10. The van der Waals surface area contributed by atoms with Gasteiger partial charge in [-0.3, -0.25) is 14.5 Å². The molecule has 2 aliphatic heterocycles. The standard InChI is InChI=1S/C24H27FN4O3/c1-16-11-13-28(14-12-16)20-9-7-19(8-10-20)26-21(30)15-29-22(31)24(2,27-23(29)32)17-3-5-18(25)6-4-17/h3-10,16H,11-15H2,1-2H3,(H,26,30)(H,27,32). The molecule has 2 aromatic carbocycles. The molecule has 32 heavy (non-hydrogen) atoms. The Bertz CT molecular complexity index is 1020. The number of hydrogen-bond donors (Lipinski definition) is 2. The van der Waals surface area contributed by atoms with Crippen LogP contribution >= 0.6 is 0 Å². The summed E-state index contributed by atoms with van der Waals surface area (Å²) in [6.45, 7) is 5.44. The van der Waals surface area contributed by atoms with Gasteiger partial charge in [-0.2, -0.15) is 0 Å². The monoisotopic (exact) mass is 438 g/mol. The highest BCUT2D eigenvalue weighted by Gasteiger charge is 2.49. The van der Waals surface area contributed by atoms with Gasteiger partial charge in [-0.25, -0.2) is 9.18 Å². The fraction of sp³-hybridized carbons (Fsp3) is 0.375. The van der Waals surface area contributed by atoms with E-state index in [1.54, 1.807) is 6.92 Å². The molecular weight excluding hydrogens is 411 g/mol. The van der Waals surface area contributed by atoms with Gasteiger partial charge in [0.05, 0.1) is 0 Å². The molecule has 0 aliphatic carbocycles. The molecule has 8 heteroatoms. The summed E-state index contributed by atoms with van der Waals surface area (Å²) >= 11 is 0. The molecular formula is C24H27FN4O3. The third-order valence-electron chi connectivity index (χ3n) is 6.30. The number of carbonyl (C=O) groups excluding carboxylic acids is 3. The van der Waals surface area contributed by atoms with E-state index in [0.717, 1.165) is 29.6 Å². The largest absolute Gasteiger partial charge is 0.372 e. The average molecular weight is 439 g/mol. The Labute approximate surface area is 186 Å². The predicted octanol–water partition coefficient (Wildman–Crippen LogP) is 3.47. The minimum atomic E-state index is -1.35. The van der Waals surface area contributed by atoms with E-state index in [9.17, 15) is 18.8 Å². The fourth-order valence-corrected chi connectivity index (χ4v) is 4.19. The number of piperidine rings is 1. The van der Waals surface area contributed by atoms with Gasteiger partial charge in [0.1, 0.15) is 17.9 Å². The van der Waals surface area contributed by atoms with Crippen LogP contribution in [0.25, 0.3) is 0 Å². The summed E-state index contributed by atoms with van der Waals surface area (Å²) in [5, 5.41) is 5.35. The van der Waals surface area contributed by atoms with E-state index >= 15 is 0 Å². The van der Waals surface area contributed by atoms with Crippen molar-refractivity contribution in [2.75, 3.05) is 29.9 Å². The quantitative estimate of drug-likeness (QED) is 0.701. The summed E-state index contributed by atoms with van der Waals surface area (Å²) in [6, 6.07) is 12.2. The number of amides is 4. The zero-order valence-corrected chi connectivity index (χ0v) is 18.2. The molecule has 0 spiro atoms. The minimum Gasteiger partial charge on any atom is -0.372 e. The SMILES string of the molecule is CC1CCN(c2ccc(NC(=O)CN3C(=O)NC(C)(c4ccc(F)cc4)C3=O)cc2)CC1. The molecule has 4 amide bonds. The molecule has 0 aromatic heterocycles. The number of rotatable bonds is 5. The zero-order valence-electron chi connectivity index (χ0n) is 18.2.